The Labute approximate surface area is 94.5 Å². The summed E-state index contributed by atoms with van der Waals surface area (Å²) in [5.74, 6) is 1.45. The van der Waals surface area contributed by atoms with E-state index in [1.165, 1.54) is 11.1 Å². The van der Waals surface area contributed by atoms with Gasteiger partial charge in [0.25, 0.3) is 0 Å². The van der Waals surface area contributed by atoms with E-state index in [1.807, 2.05) is 0 Å². The first-order chi connectivity index (χ1) is 7.63. The molecule has 0 spiro atoms. The van der Waals surface area contributed by atoms with Crippen molar-refractivity contribution in [1.29, 1.82) is 0 Å². The summed E-state index contributed by atoms with van der Waals surface area (Å²) in [6.45, 7) is 4.19. The van der Waals surface area contributed by atoms with Gasteiger partial charge >= 0.3 is 0 Å². The Bertz CT molecular complexity index is 538. The van der Waals surface area contributed by atoms with Crippen LogP contribution in [0.25, 0.3) is 11.0 Å². The first kappa shape index (κ1) is 9.85. The van der Waals surface area contributed by atoms with E-state index in [4.69, 9.17) is 0 Å². The zero-order valence-electron chi connectivity index (χ0n) is 9.62. The van der Waals surface area contributed by atoms with Crippen LogP contribution in [0.1, 0.15) is 35.7 Å². The highest BCUT2D eigenvalue weighted by molar-refractivity contribution is 5.79. The molecule has 3 rings (SSSR count). The molecule has 2 N–H and O–H groups in total. The monoisotopic (exact) mass is 216 g/mol. The normalized spacial score (nSPS) is 24.7. The molecule has 0 amide bonds. The molecule has 0 radical (unpaired) electrons. The molecule has 1 fully saturated rings. The molecule has 2 aromatic rings. The second-order valence-corrected chi connectivity index (χ2v) is 4.92. The van der Waals surface area contributed by atoms with E-state index in [9.17, 15) is 5.11 Å². The van der Waals surface area contributed by atoms with Crippen molar-refractivity contribution in [1.82, 2.24) is 9.97 Å². The van der Waals surface area contributed by atoms with Crippen LogP contribution in [0.2, 0.25) is 0 Å². The number of nitrogens with one attached hydrogen (secondary N) is 1. The molecule has 1 aromatic heterocycles. The summed E-state index contributed by atoms with van der Waals surface area (Å²) in [5, 5.41) is 9.31. The molecule has 0 bridgehead atoms. The predicted octanol–water partition coefficient (Wildman–Crippen LogP) is 2.42. The van der Waals surface area contributed by atoms with Gasteiger partial charge in [-0.05, 0) is 43.9 Å². The van der Waals surface area contributed by atoms with Crippen LogP contribution in [-0.4, -0.2) is 21.2 Å². The molecule has 16 heavy (non-hydrogen) atoms. The third-order valence-corrected chi connectivity index (χ3v) is 3.44. The van der Waals surface area contributed by atoms with Gasteiger partial charge in [-0.2, -0.15) is 0 Å². The summed E-state index contributed by atoms with van der Waals surface area (Å²) in [6.07, 6.45) is 1.57. The Morgan fingerprint density at radius 1 is 1.31 bits per heavy atom. The number of nitrogens with zero attached hydrogens (tertiary/aromatic N) is 1. The fraction of sp³-hybridized carbons (Fsp3) is 0.462. The van der Waals surface area contributed by atoms with Gasteiger partial charge in [-0.3, -0.25) is 0 Å². The Hall–Kier alpha value is -1.35. The number of aromatic nitrogens is 2. The number of benzene rings is 1. The predicted molar refractivity (Wildman–Crippen MR) is 63.5 cm³/mol. The molecule has 1 saturated carbocycles. The van der Waals surface area contributed by atoms with E-state index in [2.05, 4.69) is 35.9 Å². The van der Waals surface area contributed by atoms with Crippen molar-refractivity contribution >= 4 is 11.0 Å². The molecular weight excluding hydrogens is 200 g/mol. The lowest BCUT2D eigenvalue weighted by Crippen LogP contribution is -2.27. The number of rotatable bonds is 1. The van der Waals surface area contributed by atoms with Crippen LogP contribution in [-0.2, 0) is 0 Å². The molecule has 1 aromatic carbocycles. The minimum Gasteiger partial charge on any atom is -0.393 e. The van der Waals surface area contributed by atoms with Gasteiger partial charge in [0.15, 0.2) is 0 Å². The van der Waals surface area contributed by atoms with Gasteiger partial charge in [-0.1, -0.05) is 6.07 Å². The second-order valence-electron chi connectivity index (χ2n) is 4.92. The molecule has 1 heterocycles. The zero-order chi connectivity index (χ0) is 11.3. The van der Waals surface area contributed by atoms with E-state index in [1.54, 1.807) is 0 Å². The van der Waals surface area contributed by atoms with Gasteiger partial charge in [0, 0.05) is 5.92 Å². The smallest absolute Gasteiger partial charge is 0.110 e. The first-order valence-electron chi connectivity index (χ1n) is 5.78. The number of hydrogen-bond donors (Lipinski definition) is 2. The Balaban J connectivity index is 2.06. The van der Waals surface area contributed by atoms with E-state index in [0.717, 1.165) is 29.7 Å². The number of aliphatic hydroxyl groups is 1. The van der Waals surface area contributed by atoms with Gasteiger partial charge in [-0.15, -0.1) is 0 Å². The van der Waals surface area contributed by atoms with Crippen LogP contribution in [0.15, 0.2) is 12.1 Å². The van der Waals surface area contributed by atoms with Crippen molar-refractivity contribution in [2.45, 2.75) is 38.7 Å². The third kappa shape index (κ3) is 1.43. The largest absolute Gasteiger partial charge is 0.393 e. The summed E-state index contributed by atoms with van der Waals surface area (Å²) in [7, 11) is 0. The van der Waals surface area contributed by atoms with Crippen molar-refractivity contribution < 1.29 is 5.11 Å². The van der Waals surface area contributed by atoms with Crippen molar-refractivity contribution in [2.24, 2.45) is 0 Å². The average molecular weight is 216 g/mol. The van der Waals surface area contributed by atoms with Crippen LogP contribution in [0.4, 0.5) is 0 Å². The molecule has 0 saturated heterocycles. The van der Waals surface area contributed by atoms with Crippen LogP contribution >= 0.6 is 0 Å². The number of aromatic amines is 1. The number of fused-ring (bicyclic) bond motifs is 1. The average Bonchev–Trinajstić information content (AvgIpc) is 2.56. The zero-order valence-corrected chi connectivity index (χ0v) is 9.62. The van der Waals surface area contributed by atoms with Gasteiger partial charge in [0.1, 0.15) is 5.82 Å². The molecule has 0 unspecified atom stereocenters. The second kappa shape index (κ2) is 3.32. The molecule has 84 valence electrons. The highest BCUT2D eigenvalue weighted by Crippen LogP contribution is 2.36. The lowest BCUT2D eigenvalue weighted by atomic mass is 9.82. The SMILES string of the molecule is Cc1cc(C)c2nc(C3CC(O)C3)[nH]c2c1. The Morgan fingerprint density at radius 2 is 2.06 bits per heavy atom. The highest BCUT2D eigenvalue weighted by atomic mass is 16.3. The molecule has 3 nitrogen and oxygen atoms in total. The summed E-state index contributed by atoms with van der Waals surface area (Å²) in [6, 6.07) is 4.29. The minimum atomic E-state index is -0.124. The number of imidazole rings is 1. The number of aliphatic hydroxyl groups excluding tert-OH is 1. The van der Waals surface area contributed by atoms with E-state index >= 15 is 0 Å². The van der Waals surface area contributed by atoms with Crippen LogP contribution in [0.5, 0.6) is 0 Å². The maximum atomic E-state index is 9.31. The van der Waals surface area contributed by atoms with Gasteiger partial charge in [0.2, 0.25) is 0 Å². The molecule has 3 heteroatoms. The Kier molecular flexibility index (Phi) is 2.04. The highest BCUT2D eigenvalue weighted by Gasteiger charge is 2.30. The Morgan fingerprint density at radius 3 is 2.75 bits per heavy atom. The van der Waals surface area contributed by atoms with Crippen LogP contribution in [0, 0.1) is 13.8 Å². The van der Waals surface area contributed by atoms with E-state index < -0.39 is 0 Å². The van der Waals surface area contributed by atoms with Gasteiger partial charge < -0.3 is 10.1 Å². The summed E-state index contributed by atoms with van der Waals surface area (Å²) >= 11 is 0. The number of hydrogen-bond acceptors (Lipinski definition) is 2. The maximum absolute atomic E-state index is 9.31. The van der Waals surface area contributed by atoms with Crippen molar-refractivity contribution in [3.05, 3.63) is 29.1 Å². The van der Waals surface area contributed by atoms with Crippen molar-refractivity contribution in [3.63, 3.8) is 0 Å². The standard InChI is InChI=1S/C13H16N2O/c1-7-3-8(2)12-11(4-7)14-13(15-12)9-5-10(16)6-9/h3-4,9-10,16H,5-6H2,1-2H3,(H,14,15). The molecule has 0 atom stereocenters. The minimum absolute atomic E-state index is 0.124. The topological polar surface area (TPSA) is 48.9 Å². The number of aryl methyl sites for hydroxylation is 2. The summed E-state index contributed by atoms with van der Waals surface area (Å²) in [5.41, 5.74) is 4.67. The van der Waals surface area contributed by atoms with Gasteiger partial charge in [-0.25, -0.2) is 4.98 Å². The van der Waals surface area contributed by atoms with E-state index in [0.29, 0.717) is 5.92 Å². The molecule has 1 aliphatic rings. The summed E-state index contributed by atoms with van der Waals surface area (Å²) < 4.78 is 0. The van der Waals surface area contributed by atoms with E-state index in [-0.39, 0.29) is 6.10 Å². The fourth-order valence-electron chi connectivity index (χ4n) is 2.49. The molecule has 0 aliphatic heterocycles. The molecular formula is C13H16N2O. The first-order valence-corrected chi connectivity index (χ1v) is 5.78. The lowest BCUT2D eigenvalue weighted by molar-refractivity contribution is 0.0720. The maximum Gasteiger partial charge on any atom is 0.110 e. The van der Waals surface area contributed by atoms with Crippen molar-refractivity contribution in [2.75, 3.05) is 0 Å². The fourth-order valence-corrected chi connectivity index (χ4v) is 2.49. The van der Waals surface area contributed by atoms with Gasteiger partial charge in [0.05, 0.1) is 17.1 Å². The number of H-pyrrole nitrogens is 1. The van der Waals surface area contributed by atoms with Crippen molar-refractivity contribution in [3.8, 4) is 0 Å². The quantitative estimate of drug-likeness (QED) is 0.769. The van der Waals surface area contributed by atoms with Crippen LogP contribution in [0.3, 0.4) is 0 Å². The molecule has 1 aliphatic carbocycles. The lowest BCUT2D eigenvalue weighted by Gasteiger charge is -2.29. The third-order valence-electron chi connectivity index (χ3n) is 3.44. The summed E-state index contributed by atoms with van der Waals surface area (Å²) in [4.78, 5) is 8.02. The van der Waals surface area contributed by atoms with Crippen LogP contribution < -0.4 is 0 Å².